The molecule has 1 saturated heterocycles. The standard InChI is InChI=1S/C24H27ClN2O4S/c1-5-16(2)31-22-19(25)13-17(14-20(22)30-4)15-21-23(28)27(11-12-29-3)24(32-21)26-18-9-7-6-8-10-18/h6-10,13-16H,5,11-12H2,1-4H3/b21-15-,26-24?/t16-/m0/s1. The highest BCUT2D eigenvalue weighted by atomic mass is 35.5. The van der Waals surface area contributed by atoms with Crippen LogP contribution in [0.25, 0.3) is 6.08 Å². The van der Waals surface area contributed by atoms with Gasteiger partial charge in [-0.1, -0.05) is 36.7 Å². The molecule has 3 rings (SSSR count). The van der Waals surface area contributed by atoms with E-state index in [-0.39, 0.29) is 12.0 Å². The van der Waals surface area contributed by atoms with Crippen LogP contribution in [0.3, 0.4) is 0 Å². The summed E-state index contributed by atoms with van der Waals surface area (Å²) in [6.07, 6.45) is 2.64. The van der Waals surface area contributed by atoms with Gasteiger partial charge in [-0.05, 0) is 61.0 Å². The quantitative estimate of drug-likeness (QED) is 0.431. The number of benzene rings is 2. The summed E-state index contributed by atoms with van der Waals surface area (Å²) in [7, 11) is 3.17. The van der Waals surface area contributed by atoms with Gasteiger partial charge in [0.25, 0.3) is 5.91 Å². The van der Waals surface area contributed by atoms with Gasteiger partial charge in [0, 0.05) is 7.11 Å². The molecule has 0 unspecified atom stereocenters. The van der Waals surface area contributed by atoms with Crippen molar-refractivity contribution in [3.8, 4) is 11.5 Å². The lowest BCUT2D eigenvalue weighted by atomic mass is 10.1. The maximum Gasteiger partial charge on any atom is 0.266 e. The number of halogens is 1. The number of hydrogen-bond acceptors (Lipinski definition) is 6. The summed E-state index contributed by atoms with van der Waals surface area (Å²) in [4.78, 5) is 20.0. The molecule has 6 nitrogen and oxygen atoms in total. The number of carbonyl (C=O) groups excluding carboxylic acids is 1. The third-order valence-corrected chi connectivity index (χ3v) is 6.12. The van der Waals surface area contributed by atoms with Crippen LogP contribution in [0.5, 0.6) is 11.5 Å². The number of nitrogens with zero attached hydrogens (tertiary/aromatic N) is 2. The van der Waals surface area contributed by atoms with Gasteiger partial charge in [0.05, 0.1) is 42.0 Å². The summed E-state index contributed by atoms with van der Waals surface area (Å²) in [6, 6.07) is 13.1. The van der Waals surface area contributed by atoms with Crippen molar-refractivity contribution in [2.24, 2.45) is 4.99 Å². The predicted octanol–water partition coefficient (Wildman–Crippen LogP) is 5.78. The summed E-state index contributed by atoms with van der Waals surface area (Å²) < 4.78 is 16.6. The average Bonchev–Trinajstić information content (AvgIpc) is 3.08. The highest BCUT2D eigenvalue weighted by Gasteiger charge is 2.33. The van der Waals surface area contributed by atoms with Crippen LogP contribution in [0.1, 0.15) is 25.8 Å². The maximum atomic E-state index is 13.1. The second-order valence-electron chi connectivity index (χ2n) is 7.16. The van der Waals surface area contributed by atoms with Crippen LogP contribution < -0.4 is 9.47 Å². The van der Waals surface area contributed by atoms with Gasteiger partial charge in [0.15, 0.2) is 16.7 Å². The first kappa shape index (κ1) is 24.2. The monoisotopic (exact) mass is 474 g/mol. The molecule has 0 N–H and O–H groups in total. The molecule has 8 heteroatoms. The molecule has 0 spiro atoms. The minimum atomic E-state index is -0.128. The van der Waals surface area contributed by atoms with Crippen LogP contribution in [-0.4, -0.2) is 49.4 Å². The third-order valence-electron chi connectivity index (χ3n) is 4.83. The van der Waals surface area contributed by atoms with Gasteiger partial charge in [-0.25, -0.2) is 4.99 Å². The molecule has 32 heavy (non-hydrogen) atoms. The lowest BCUT2D eigenvalue weighted by molar-refractivity contribution is -0.122. The number of amidine groups is 1. The highest BCUT2D eigenvalue weighted by molar-refractivity contribution is 8.18. The van der Waals surface area contributed by atoms with E-state index >= 15 is 0 Å². The molecule has 1 heterocycles. The number of aliphatic imine (C=N–C) groups is 1. The highest BCUT2D eigenvalue weighted by Crippen LogP contribution is 2.40. The molecule has 1 amide bonds. The van der Waals surface area contributed by atoms with Crippen molar-refractivity contribution in [2.75, 3.05) is 27.4 Å². The largest absolute Gasteiger partial charge is 0.493 e. The zero-order valence-corrected chi connectivity index (χ0v) is 20.2. The zero-order chi connectivity index (χ0) is 23.1. The summed E-state index contributed by atoms with van der Waals surface area (Å²) in [6.45, 7) is 4.84. The average molecular weight is 475 g/mol. The second kappa shape index (κ2) is 11.4. The molecule has 1 aliphatic rings. The van der Waals surface area contributed by atoms with Crippen LogP contribution in [0.15, 0.2) is 52.4 Å². The van der Waals surface area contributed by atoms with Crippen molar-refractivity contribution in [1.29, 1.82) is 0 Å². The molecule has 2 aromatic rings. The number of methoxy groups -OCH3 is 2. The number of hydrogen-bond donors (Lipinski definition) is 0. The summed E-state index contributed by atoms with van der Waals surface area (Å²) in [5.74, 6) is 0.899. The van der Waals surface area contributed by atoms with E-state index in [1.54, 1.807) is 31.3 Å². The molecular formula is C24H27ClN2O4S. The molecular weight excluding hydrogens is 448 g/mol. The van der Waals surface area contributed by atoms with Crippen LogP contribution >= 0.6 is 23.4 Å². The van der Waals surface area contributed by atoms with Gasteiger partial charge in [0.2, 0.25) is 0 Å². The van der Waals surface area contributed by atoms with Crippen LogP contribution in [-0.2, 0) is 9.53 Å². The number of ether oxygens (including phenoxy) is 3. The number of para-hydroxylation sites is 1. The fourth-order valence-electron chi connectivity index (χ4n) is 2.96. The van der Waals surface area contributed by atoms with Crippen LogP contribution in [0.4, 0.5) is 5.69 Å². The Morgan fingerprint density at radius 1 is 1.22 bits per heavy atom. The van der Waals surface area contributed by atoms with Crippen molar-refractivity contribution in [3.05, 3.63) is 58.0 Å². The smallest absolute Gasteiger partial charge is 0.266 e. The van der Waals surface area contributed by atoms with Crippen molar-refractivity contribution in [3.63, 3.8) is 0 Å². The Kier molecular flexibility index (Phi) is 8.61. The molecule has 1 atom stereocenters. The van der Waals surface area contributed by atoms with Gasteiger partial charge in [0.1, 0.15) is 0 Å². The summed E-state index contributed by atoms with van der Waals surface area (Å²) in [5.41, 5.74) is 1.52. The molecule has 0 bridgehead atoms. The summed E-state index contributed by atoms with van der Waals surface area (Å²) >= 11 is 7.81. The molecule has 0 aliphatic carbocycles. The topological polar surface area (TPSA) is 60.4 Å². The first-order chi connectivity index (χ1) is 15.5. The number of rotatable bonds is 9. The molecule has 0 radical (unpaired) electrons. The Morgan fingerprint density at radius 2 is 1.97 bits per heavy atom. The van der Waals surface area contributed by atoms with Crippen molar-refractivity contribution in [1.82, 2.24) is 4.90 Å². The van der Waals surface area contributed by atoms with Crippen molar-refractivity contribution in [2.45, 2.75) is 26.4 Å². The Balaban J connectivity index is 1.94. The van der Waals surface area contributed by atoms with E-state index in [0.29, 0.717) is 39.7 Å². The third kappa shape index (κ3) is 5.85. The zero-order valence-electron chi connectivity index (χ0n) is 18.6. The molecule has 1 fully saturated rings. The first-order valence-corrected chi connectivity index (χ1v) is 11.5. The molecule has 1 aliphatic heterocycles. The number of thioether (sulfide) groups is 1. The first-order valence-electron chi connectivity index (χ1n) is 10.3. The normalized spacial score (nSPS) is 17.3. The van der Waals surface area contributed by atoms with Crippen molar-refractivity contribution < 1.29 is 19.0 Å². The molecule has 170 valence electrons. The Bertz CT molecular complexity index is 1010. The lowest BCUT2D eigenvalue weighted by Gasteiger charge is -2.17. The van der Waals surface area contributed by atoms with E-state index in [4.69, 9.17) is 25.8 Å². The van der Waals surface area contributed by atoms with Gasteiger partial charge >= 0.3 is 0 Å². The van der Waals surface area contributed by atoms with E-state index in [0.717, 1.165) is 17.7 Å². The number of carbonyl (C=O) groups is 1. The number of amides is 1. The Labute approximate surface area is 198 Å². The van der Waals surface area contributed by atoms with Gasteiger partial charge in [-0.15, -0.1) is 0 Å². The van der Waals surface area contributed by atoms with E-state index in [1.165, 1.54) is 11.8 Å². The fraction of sp³-hybridized carbons (Fsp3) is 0.333. The van der Waals surface area contributed by atoms with E-state index in [9.17, 15) is 4.79 Å². The van der Waals surface area contributed by atoms with Crippen molar-refractivity contribution >= 4 is 46.2 Å². The van der Waals surface area contributed by atoms with E-state index in [2.05, 4.69) is 4.99 Å². The second-order valence-corrected chi connectivity index (χ2v) is 8.58. The Morgan fingerprint density at radius 3 is 2.62 bits per heavy atom. The van der Waals surface area contributed by atoms with Crippen LogP contribution in [0.2, 0.25) is 5.02 Å². The minimum absolute atomic E-state index is 0.00340. The molecule has 0 aromatic heterocycles. The van der Waals surface area contributed by atoms with Gasteiger partial charge in [-0.2, -0.15) is 0 Å². The summed E-state index contributed by atoms with van der Waals surface area (Å²) in [5, 5.41) is 1.04. The van der Waals surface area contributed by atoms with E-state index < -0.39 is 0 Å². The predicted molar refractivity (Wildman–Crippen MR) is 131 cm³/mol. The fourth-order valence-corrected chi connectivity index (χ4v) is 4.25. The van der Waals surface area contributed by atoms with Crippen LogP contribution in [0, 0.1) is 0 Å². The lowest BCUT2D eigenvalue weighted by Crippen LogP contribution is -2.32. The van der Waals surface area contributed by atoms with Gasteiger partial charge < -0.3 is 14.2 Å². The Hall–Kier alpha value is -2.48. The van der Waals surface area contributed by atoms with Gasteiger partial charge in [-0.3, -0.25) is 9.69 Å². The van der Waals surface area contributed by atoms with E-state index in [1.807, 2.05) is 50.2 Å². The molecule has 0 saturated carbocycles. The minimum Gasteiger partial charge on any atom is -0.493 e. The maximum absolute atomic E-state index is 13.1. The molecule has 2 aromatic carbocycles. The SMILES string of the molecule is CC[C@H](C)Oc1c(Cl)cc(/C=C2\SC(=Nc3ccccc3)N(CCOC)C2=O)cc1OC.